The highest BCUT2D eigenvalue weighted by Gasteiger charge is 2.21. The molecule has 23 heavy (non-hydrogen) atoms. The van der Waals surface area contributed by atoms with E-state index < -0.39 is 0 Å². The fraction of sp³-hybridized carbons (Fsp3) is 0.0588. The molecule has 0 saturated heterocycles. The van der Waals surface area contributed by atoms with Gasteiger partial charge >= 0.3 is 0 Å². The summed E-state index contributed by atoms with van der Waals surface area (Å²) in [5, 5.41) is 7.92. The van der Waals surface area contributed by atoms with Gasteiger partial charge in [-0.25, -0.2) is 0 Å². The molecule has 0 unspecified atom stereocenters. The van der Waals surface area contributed by atoms with E-state index in [1.54, 1.807) is 55.5 Å². The maximum Gasteiger partial charge on any atom is 0.261 e. The highest BCUT2D eigenvalue weighted by Crippen LogP contribution is 2.28. The number of carbonyl (C=O) groups excluding carboxylic acids is 1. The third-order valence-electron chi connectivity index (χ3n) is 3.30. The Labute approximate surface area is 143 Å². The van der Waals surface area contributed by atoms with Crippen LogP contribution in [0.25, 0.3) is 11.3 Å². The summed E-state index contributed by atoms with van der Waals surface area (Å²) >= 11 is 11.7. The van der Waals surface area contributed by atoms with Gasteiger partial charge in [-0.1, -0.05) is 28.4 Å². The van der Waals surface area contributed by atoms with E-state index in [9.17, 15) is 4.79 Å². The van der Waals surface area contributed by atoms with E-state index in [1.807, 2.05) is 0 Å². The first-order chi connectivity index (χ1) is 11.0. The first kappa shape index (κ1) is 15.6. The summed E-state index contributed by atoms with van der Waals surface area (Å²) in [7, 11) is 0. The van der Waals surface area contributed by atoms with E-state index in [1.165, 1.54) is 0 Å². The summed E-state index contributed by atoms with van der Waals surface area (Å²) in [6.07, 6.45) is 0. The molecule has 0 aliphatic carbocycles. The van der Waals surface area contributed by atoms with Crippen LogP contribution >= 0.6 is 23.2 Å². The maximum atomic E-state index is 12.6. The van der Waals surface area contributed by atoms with E-state index in [-0.39, 0.29) is 5.91 Å². The number of aryl methyl sites for hydroxylation is 1. The zero-order chi connectivity index (χ0) is 16.4. The molecule has 0 aliphatic heterocycles. The first-order valence-corrected chi connectivity index (χ1v) is 7.59. The highest BCUT2D eigenvalue weighted by molar-refractivity contribution is 6.31. The van der Waals surface area contributed by atoms with Gasteiger partial charge in [0.1, 0.15) is 5.56 Å². The molecule has 1 heterocycles. The lowest BCUT2D eigenvalue weighted by Gasteiger charge is -2.06. The Morgan fingerprint density at radius 1 is 1.00 bits per heavy atom. The molecule has 0 atom stereocenters. The zero-order valence-electron chi connectivity index (χ0n) is 12.1. The number of halogens is 2. The van der Waals surface area contributed by atoms with Gasteiger partial charge in [0.05, 0.1) is 5.69 Å². The first-order valence-electron chi connectivity index (χ1n) is 6.84. The van der Waals surface area contributed by atoms with Gasteiger partial charge in [-0.15, -0.1) is 0 Å². The van der Waals surface area contributed by atoms with Crippen LogP contribution in [0.2, 0.25) is 10.0 Å². The van der Waals surface area contributed by atoms with Crippen LogP contribution in [0, 0.1) is 6.92 Å². The van der Waals surface area contributed by atoms with Crippen molar-refractivity contribution < 1.29 is 9.32 Å². The van der Waals surface area contributed by atoms with Gasteiger partial charge in [0.25, 0.3) is 5.91 Å². The van der Waals surface area contributed by atoms with Gasteiger partial charge in [-0.2, -0.15) is 0 Å². The number of hydrogen-bond acceptors (Lipinski definition) is 3. The van der Waals surface area contributed by atoms with E-state index in [4.69, 9.17) is 27.7 Å². The minimum atomic E-state index is -0.295. The largest absolute Gasteiger partial charge is 0.355 e. The van der Waals surface area contributed by atoms with Crippen LogP contribution < -0.4 is 5.32 Å². The molecular formula is C17H12Cl2N2O2. The molecule has 0 radical (unpaired) electrons. The molecule has 3 rings (SSSR count). The van der Waals surface area contributed by atoms with Crippen LogP contribution in [0.5, 0.6) is 0 Å². The Kier molecular flexibility index (Phi) is 4.37. The van der Waals surface area contributed by atoms with Gasteiger partial charge in [0, 0.05) is 21.3 Å². The number of anilines is 1. The molecule has 0 spiro atoms. The molecule has 1 N–H and O–H groups in total. The molecule has 1 aromatic heterocycles. The third kappa shape index (κ3) is 3.38. The van der Waals surface area contributed by atoms with Crippen molar-refractivity contribution in [1.82, 2.24) is 5.16 Å². The van der Waals surface area contributed by atoms with Crippen molar-refractivity contribution in [3.05, 3.63) is 69.8 Å². The number of rotatable bonds is 3. The van der Waals surface area contributed by atoms with Crippen molar-refractivity contribution in [2.75, 3.05) is 5.32 Å². The van der Waals surface area contributed by atoms with Crippen LogP contribution in [0.4, 0.5) is 5.69 Å². The highest BCUT2D eigenvalue weighted by atomic mass is 35.5. The standard InChI is InChI=1S/C17H12Cl2N2O2/c1-10-15(17(22)20-14-8-6-13(19)7-9-14)16(23-21-10)11-2-4-12(18)5-3-11/h2-9H,1H3,(H,20,22). The van der Waals surface area contributed by atoms with Crippen LogP contribution in [-0.2, 0) is 0 Å². The quantitative estimate of drug-likeness (QED) is 0.708. The Bertz CT molecular complexity index is 840. The van der Waals surface area contributed by atoms with Crippen molar-refractivity contribution >= 4 is 34.8 Å². The summed E-state index contributed by atoms with van der Waals surface area (Å²) in [6, 6.07) is 13.9. The molecule has 2 aromatic carbocycles. The summed E-state index contributed by atoms with van der Waals surface area (Å²) < 4.78 is 5.32. The smallest absolute Gasteiger partial charge is 0.261 e. The molecular weight excluding hydrogens is 335 g/mol. The topological polar surface area (TPSA) is 55.1 Å². The number of hydrogen-bond donors (Lipinski definition) is 1. The van der Waals surface area contributed by atoms with Crippen LogP contribution in [-0.4, -0.2) is 11.1 Å². The van der Waals surface area contributed by atoms with Crippen molar-refractivity contribution in [1.29, 1.82) is 0 Å². The molecule has 0 saturated carbocycles. The Hall–Kier alpha value is -2.30. The van der Waals surface area contributed by atoms with E-state index in [2.05, 4.69) is 10.5 Å². The maximum absolute atomic E-state index is 12.6. The van der Waals surface area contributed by atoms with Crippen molar-refractivity contribution in [2.24, 2.45) is 0 Å². The second-order valence-electron chi connectivity index (χ2n) is 4.94. The van der Waals surface area contributed by atoms with Crippen LogP contribution in [0.15, 0.2) is 53.1 Å². The zero-order valence-corrected chi connectivity index (χ0v) is 13.7. The van der Waals surface area contributed by atoms with Crippen molar-refractivity contribution in [3.8, 4) is 11.3 Å². The lowest BCUT2D eigenvalue weighted by molar-refractivity contribution is 0.102. The van der Waals surface area contributed by atoms with Gasteiger partial charge in [0.2, 0.25) is 0 Å². The molecule has 1 amide bonds. The van der Waals surface area contributed by atoms with E-state index >= 15 is 0 Å². The Morgan fingerprint density at radius 2 is 1.57 bits per heavy atom. The van der Waals surface area contributed by atoms with Crippen LogP contribution in [0.1, 0.15) is 16.1 Å². The second-order valence-corrected chi connectivity index (χ2v) is 5.81. The lowest BCUT2D eigenvalue weighted by atomic mass is 10.1. The fourth-order valence-electron chi connectivity index (χ4n) is 2.16. The van der Waals surface area contributed by atoms with E-state index in [0.29, 0.717) is 32.8 Å². The van der Waals surface area contributed by atoms with Gasteiger partial charge in [-0.3, -0.25) is 4.79 Å². The monoisotopic (exact) mass is 346 g/mol. The molecule has 0 aliphatic rings. The van der Waals surface area contributed by atoms with Gasteiger partial charge in [-0.05, 0) is 55.5 Å². The van der Waals surface area contributed by atoms with Crippen molar-refractivity contribution in [3.63, 3.8) is 0 Å². The third-order valence-corrected chi connectivity index (χ3v) is 3.80. The molecule has 0 fully saturated rings. The van der Waals surface area contributed by atoms with Crippen LogP contribution in [0.3, 0.4) is 0 Å². The van der Waals surface area contributed by atoms with Gasteiger partial charge < -0.3 is 9.84 Å². The normalized spacial score (nSPS) is 10.6. The number of amides is 1. The number of benzene rings is 2. The molecule has 116 valence electrons. The summed E-state index contributed by atoms with van der Waals surface area (Å²) in [6.45, 7) is 1.72. The summed E-state index contributed by atoms with van der Waals surface area (Å²) in [5.41, 5.74) is 2.28. The molecule has 6 heteroatoms. The molecule has 3 aromatic rings. The van der Waals surface area contributed by atoms with E-state index in [0.717, 1.165) is 5.56 Å². The number of nitrogens with one attached hydrogen (secondary N) is 1. The Morgan fingerprint density at radius 3 is 2.17 bits per heavy atom. The average molecular weight is 347 g/mol. The number of aromatic nitrogens is 1. The average Bonchev–Trinajstić information content (AvgIpc) is 2.92. The minimum absolute atomic E-state index is 0.295. The second kappa shape index (κ2) is 6.44. The number of carbonyl (C=O) groups is 1. The SMILES string of the molecule is Cc1noc(-c2ccc(Cl)cc2)c1C(=O)Nc1ccc(Cl)cc1. The number of nitrogens with zero attached hydrogens (tertiary/aromatic N) is 1. The predicted octanol–water partition coefficient (Wildman–Crippen LogP) is 5.21. The predicted molar refractivity (Wildman–Crippen MR) is 91.1 cm³/mol. The van der Waals surface area contributed by atoms with Crippen molar-refractivity contribution in [2.45, 2.75) is 6.92 Å². The Balaban J connectivity index is 1.93. The lowest BCUT2D eigenvalue weighted by Crippen LogP contribution is -2.13. The molecule has 0 bridgehead atoms. The fourth-order valence-corrected chi connectivity index (χ4v) is 2.41. The molecule has 4 nitrogen and oxygen atoms in total. The van der Waals surface area contributed by atoms with Gasteiger partial charge in [0.15, 0.2) is 5.76 Å². The minimum Gasteiger partial charge on any atom is -0.355 e. The summed E-state index contributed by atoms with van der Waals surface area (Å²) in [4.78, 5) is 12.6. The summed E-state index contributed by atoms with van der Waals surface area (Å²) in [5.74, 6) is 0.113.